The normalized spacial score (nSPS) is 10.7. The van der Waals surface area contributed by atoms with Crippen LogP contribution in [0.15, 0.2) is 48.5 Å². The molecule has 0 aliphatic carbocycles. The van der Waals surface area contributed by atoms with Gasteiger partial charge >= 0.3 is 0 Å². The van der Waals surface area contributed by atoms with Crippen LogP contribution in [0.2, 0.25) is 0 Å². The summed E-state index contributed by atoms with van der Waals surface area (Å²) in [4.78, 5) is 23.3. The number of hydrogen-bond donors (Lipinski definition) is 2. The van der Waals surface area contributed by atoms with Crippen LogP contribution < -0.4 is 10.6 Å². The van der Waals surface area contributed by atoms with Gasteiger partial charge < -0.3 is 15.2 Å². The second-order valence-electron chi connectivity index (χ2n) is 6.18. The molecule has 0 bridgehead atoms. The Labute approximate surface area is 146 Å². The van der Waals surface area contributed by atoms with Crippen molar-refractivity contribution < 1.29 is 9.59 Å². The Morgan fingerprint density at radius 2 is 1.76 bits per heavy atom. The third kappa shape index (κ3) is 3.71. The van der Waals surface area contributed by atoms with Gasteiger partial charge in [-0.15, -0.1) is 0 Å². The van der Waals surface area contributed by atoms with Crippen LogP contribution in [0, 0.1) is 6.92 Å². The van der Waals surface area contributed by atoms with Gasteiger partial charge in [-0.25, -0.2) is 0 Å². The maximum absolute atomic E-state index is 12.3. The van der Waals surface area contributed by atoms with Gasteiger partial charge in [0.25, 0.3) is 5.91 Å². The summed E-state index contributed by atoms with van der Waals surface area (Å²) >= 11 is 0. The molecule has 1 heterocycles. The summed E-state index contributed by atoms with van der Waals surface area (Å²) in [6, 6.07) is 15.2. The highest BCUT2D eigenvalue weighted by Crippen LogP contribution is 2.19. The second kappa shape index (κ2) is 6.81. The summed E-state index contributed by atoms with van der Waals surface area (Å²) in [6.45, 7) is 3.99. The summed E-state index contributed by atoms with van der Waals surface area (Å²) in [5.74, 6) is -0.276. The molecule has 5 heteroatoms. The highest BCUT2D eigenvalue weighted by atomic mass is 16.2. The maximum atomic E-state index is 12.3. The maximum Gasteiger partial charge on any atom is 0.251 e. The molecule has 0 spiro atoms. The lowest BCUT2D eigenvalue weighted by molar-refractivity contribution is -0.114. The van der Waals surface area contributed by atoms with Gasteiger partial charge in [0.1, 0.15) is 0 Å². The van der Waals surface area contributed by atoms with Gasteiger partial charge in [0.05, 0.1) is 0 Å². The van der Waals surface area contributed by atoms with Crippen LogP contribution in [-0.2, 0) is 18.4 Å². The van der Waals surface area contributed by atoms with E-state index in [9.17, 15) is 9.59 Å². The van der Waals surface area contributed by atoms with Gasteiger partial charge in [0.2, 0.25) is 5.91 Å². The number of anilines is 1. The average Bonchev–Trinajstić information content (AvgIpc) is 2.87. The molecule has 1 aromatic heterocycles. The molecule has 2 amide bonds. The minimum absolute atomic E-state index is 0.135. The third-order valence-electron chi connectivity index (χ3n) is 4.27. The first-order valence-corrected chi connectivity index (χ1v) is 8.15. The molecule has 0 saturated heterocycles. The first kappa shape index (κ1) is 16.8. The monoisotopic (exact) mass is 335 g/mol. The fraction of sp³-hybridized carbons (Fsp3) is 0.200. The number of aromatic nitrogens is 1. The van der Waals surface area contributed by atoms with Gasteiger partial charge in [-0.3, -0.25) is 9.59 Å². The number of fused-ring (bicyclic) bond motifs is 1. The standard InChI is InChI=1S/C20H21N3O2/c1-13-10-17-11-15(4-9-19(17)23(13)3)12-21-20(25)16-5-7-18(8-6-16)22-14(2)24/h4-11H,12H2,1-3H3,(H,21,25)(H,22,24). The van der Waals surface area contributed by atoms with Crippen LogP contribution in [0.4, 0.5) is 5.69 Å². The van der Waals surface area contributed by atoms with E-state index in [0.717, 1.165) is 5.56 Å². The van der Waals surface area contributed by atoms with Crippen molar-refractivity contribution in [2.75, 3.05) is 5.32 Å². The molecule has 0 unspecified atom stereocenters. The van der Waals surface area contributed by atoms with E-state index in [1.165, 1.54) is 23.5 Å². The Bertz CT molecular complexity index is 939. The van der Waals surface area contributed by atoms with E-state index in [-0.39, 0.29) is 11.8 Å². The van der Waals surface area contributed by atoms with Crippen LogP contribution in [-0.4, -0.2) is 16.4 Å². The van der Waals surface area contributed by atoms with Gasteiger partial charge in [0.15, 0.2) is 0 Å². The number of nitrogens with one attached hydrogen (secondary N) is 2. The van der Waals surface area contributed by atoms with E-state index in [1.54, 1.807) is 24.3 Å². The fourth-order valence-electron chi connectivity index (χ4n) is 2.84. The zero-order valence-corrected chi connectivity index (χ0v) is 14.6. The highest BCUT2D eigenvalue weighted by Gasteiger charge is 2.07. The molecule has 0 fully saturated rings. The number of aryl methyl sites for hydroxylation is 2. The molecule has 3 aromatic rings. The van der Waals surface area contributed by atoms with Crippen LogP contribution in [0.5, 0.6) is 0 Å². The first-order valence-electron chi connectivity index (χ1n) is 8.15. The predicted octanol–water partition coefficient (Wildman–Crippen LogP) is 3.38. The van der Waals surface area contributed by atoms with Crippen molar-refractivity contribution in [1.29, 1.82) is 0 Å². The van der Waals surface area contributed by atoms with Crippen LogP contribution in [0.3, 0.4) is 0 Å². The molecular weight excluding hydrogens is 314 g/mol. The van der Waals surface area contributed by atoms with Crippen molar-refractivity contribution in [3.63, 3.8) is 0 Å². The number of hydrogen-bond acceptors (Lipinski definition) is 2. The van der Waals surface area contributed by atoms with Crippen molar-refractivity contribution in [2.45, 2.75) is 20.4 Å². The zero-order chi connectivity index (χ0) is 18.0. The number of amides is 2. The van der Waals surface area contributed by atoms with Crippen molar-refractivity contribution in [3.8, 4) is 0 Å². The minimum atomic E-state index is -0.140. The number of rotatable bonds is 4. The fourth-order valence-corrected chi connectivity index (χ4v) is 2.84. The topological polar surface area (TPSA) is 63.1 Å². The Morgan fingerprint density at radius 1 is 1.04 bits per heavy atom. The zero-order valence-electron chi connectivity index (χ0n) is 14.6. The molecule has 2 N–H and O–H groups in total. The van der Waals surface area contributed by atoms with E-state index in [1.807, 2.05) is 13.1 Å². The molecule has 0 radical (unpaired) electrons. The summed E-state index contributed by atoms with van der Waals surface area (Å²) in [5.41, 5.74) is 4.68. The van der Waals surface area contributed by atoms with Gasteiger partial charge in [0, 0.05) is 48.4 Å². The van der Waals surface area contributed by atoms with Crippen molar-refractivity contribution in [2.24, 2.45) is 7.05 Å². The summed E-state index contributed by atoms with van der Waals surface area (Å²) < 4.78 is 2.15. The van der Waals surface area contributed by atoms with Crippen molar-refractivity contribution in [1.82, 2.24) is 9.88 Å². The molecule has 2 aromatic carbocycles. The Morgan fingerprint density at radius 3 is 2.44 bits per heavy atom. The van der Waals surface area contributed by atoms with Crippen molar-refractivity contribution >= 4 is 28.4 Å². The lowest BCUT2D eigenvalue weighted by atomic mass is 10.1. The van der Waals surface area contributed by atoms with E-state index in [2.05, 4.69) is 40.3 Å². The average molecular weight is 335 g/mol. The van der Waals surface area contributed by atoms with Crippen LogP contribution in [0.25, 0.3) is 10.9 Å². The lowest BCUT2D eigenvalue weighted by Crippen LogP contribution is -2.22. The van der Waals surface area contributed by atoms with Gasteiger partial charge in [-0.2, -0.15) is 0 Å². The predicted molar refractivity (Wildman–Crippen MR) is 99.6 cm³/mol. The van der Waals surface area contributed by atoms with E-state index in [0.29, 0.717) is 17.8 Å². The number of nitrogens with zero attached hydrogens (tertiary/aromatic N) is 1. The number of benzene rings is 2. The summed E-state index contributed by atoms with van der Waals surface area (Å²) in [6.07, 6.45) is 0. The van der Waals surface area contributed by atoms with E-state index in [4.69, 9.17) is 0 Å². The largest absolute Gasteiger partial charge is 0.348 e. The van der Waals surface area contributed by atoms with Crippen molar-refractivity contribution in [3.05, 3.63) is 65.4 Å². The van der Waals surface area contributed by atoms with E-state index < -0.39 is 0 Å². The molecule has 0 saturated carbocycles. The molecular formula is C20H21N3O2. The summed E-state index contributed by atoms with van der Waals surface area (Å²) in [7, 11) is 2.05. The molecule has 0 aliphatic rings. The quantitative estimate of drug-likeness (QED) is 0.768. The van der Waals surface area contributed by atoms with Gasteiger partial charge in [-0.1, -0.05) is 6.07 Å². The summed E-state index contributed by atoms with van der Waals surface area (Å²) in [5, 5.41) is 6.78. The molecule has 25 heavy (non-hydrogen) atoms. The Kier molecular flexibility index (Phi) is 4.57. The number of carbonyl (C=O) groups is 2. The SMILES string of the molecule is CC(=O)Nc1ccc(C(=O)NCc2ccc3c(c2)cc(C)n3C)cc1. The first-order chi connectivity index (χ1) is 11.9. The Balaban J connectivity index is 1.66. The number of carbonyl (C=O) groups excluding carboxylic acids is 2. The highest BCUT2D eigenvalue weighted by molar-refractivity contribution is 5.95. The van der Waals surface area contributed by atoms with Crippen LogP contribution >= 0.6 is 0 Å². The molecule has 0 atom stereocenters. The molecule has 128 valence electrons. The third-order valence-corrected chi connectivity index (χ3v) is 4.27. The second-order valence-corrected chi connectivity index (χ2v) is 6.18. The van der Waals surface area contributed by atoms with Gasteiger partial charge in [-0.05, 0) is 55.0 Å². The molecule has 3 rings (SSSR count). The Hall–Kier alpha value is -3.08. The van der Waals surface area contributed by atoms with E-state index >= 15 is 0 Å². The molecule has 0 aliphatic heterocycles. The minimum Gasteiger partial charge on any atom is -0.348 e. The lowest BCUT2D eigenvalue weighted by Gasteiger charge is -2.07. The van der Waals surface area contributed by atoms with Crippen LogP contribution in [0.1, 0.15) is 28.5 Å². The molecule has 5 nitrogen and oxygen atoms in total. The smallest absolute Gasteiger partial charge is 0.251 e.